The number of hydrogen-bond acceptors (Lipinski definition) is 4. The van der Waals surface area contributed by atoms with Crippen molar-refractivity contribution in [3.05, 3.63) is 71.8 Å². The number of nitrogens with one attached hydrogen (secondary N) is 1. The lowest BCUT2D eigenvalue weighted by Gasteiger charge is -2.43. The van der Waals surface area contributed by atoms with Crippen molar-refractivity contribution in [2.75, 3.05) is 13.7 Å². The zero-order valence-electron chi connectivity index (χ0n) is 15.0. The minimum atomic E-state index is -0.660. The largest absolute Gasteiger partial charge is 0.453 e. The molecule has 0 bridgehead atoms. The number of aliphatic hydroxyl groups is 1. The standard InChI is InChI=1S/C21H26N2O3/c1-26-21(25)22-18-12-13-23(15-17-10-6-3-7-11-17)19(20(18)24)14-16-8-4-2-5-9-16/h2-11,18-20,24H,12-15H2,1H3,(H,22,25)/t18-,19?,20-/m0/s1. The van der Waals surface area contributed by atoms with Crippen LogP contribution in [0.4, 0.5) is 4.79 Å². The van der Waals surface area contributed by atoms with Crippen molar-refractivity contribution < 1.29 is 14.6 Å². The third-order valence-corrected chi connectivity index (χ3v) is 5.01. The summed E-state index contributed by atoms with van der Waals surface area (Å²) >= 11 is 0. The molecule has 2 aromatic carbocycles. The van der Waals surface area contributed by atoms with E-state index in [4.69, 9.17) is 4.74 Å². The van der Waals surface area contributed by atoms with Crippen LogP contribution in [0.15, 0.2) is 60.7 Å². The van der Waals surface area contributed by atoms with Gasteiger partial charge < -0.3 is 15.2 Å². The molecule has 1 aliphatic rings. The third-order valence-electron chi connectivity index (χ3n) is 5.01. The topological polar surface area (TPSA) is 61.8 Å². The summed E-state index contributed by atoms with van der Waals surface area (Å²) in [6.45, 7) is 1.58. The number of carbonyl (C=O) groups excluding carboxylic acids is 1. The number of benzene rings is 2. The molecule has 1 heterocycles. The summed E-state index contributed by atoms with van der Waals surface area (Å²) in [7, 11) is 1.34. The second kappa shape index (κ2) is 8.83. The summed E-state index contributed by atoms with van der Waals surface area (Å²) in [5.41, 5.74) is 2.39. The average molecular weight is 354 g/mol. The Labute approximate surface area is 154 Å². The van der Waals surface area contributed by atoms with Crippen molar-refractivity contribution in [3.8, 4) is 0 Å². The molecule has 5 heteroatoms. The molecule has 3 atom stereocenters. The van der Waals surface area contributed by atoms with Gasteiger partial charge in [-0.05, 0) is 24.0 Å². The van der Waals surface area contributed by atoms with Gasteiger partial charge in [0.05, 0.1) is 19.3 Å². The normalized spacial score (nSPS) is 23.4. The highest BCUT2D eigenvalue weighted by Crippen LogP contribution is 2.24. The van der Waals surface area contributed by atoms with Crippen LogP contribution in [-0.4, -0.2) is 47.9 Å². The summed E-state index contributed by atoms with van der Waals surface area (Å²) < 4.78 is 4.70. The molecule has 2 N–H and O–H groups in total. The molecule has 0 aromatic heterocycles. The van der Waals surface area contributed by atoms with Crippen molar-refractivity contribution in [3.63, 3.8) is 0 Å². The number of amides is 1. The lowest BCUT2D eigenvalue weighted by atomic mass is 9.89. The quantitative estimate of drug-likeness (QED) is 0.866. The summed E-state index contributed by atoms with van der Waals surface area (Å²) in [4.78, 5) is 13.9. The fourth-order valence-corrected chi connectivity index (χ4v) is 3.61. The van der Waals surface area contributed by atoms with Gasteiger partial charge in [0.1, 0.15) is 0 Å². The molecule has 5 nitrogen and oxygen atoms in total. The van der Waals surface area contributed by atoms with E-state index in [-0.39, 0.29) is 12.1 Å². The first-order valence-corrected chi connectivity index (χ1v) is 9.02. The number of hydrogen-bond donors (Lipinski definition) is 2. The number of likely N-dealkylation sites (tertiary alicyclic amines) is 1. The Bertz CT molecular complexity index is 693. The van der Waals surface area contributed by atoms with Gasteiger partial charge in [0.2, 0.25) is 0 Å². The van der Waals surface area contributed by atoms with Crippen LogP contribution in [0, 0.1) is 0 Å². The molecule has 26 heavy (non-hydrogen) atoms. The highest BCUT2D eigenvalue weighted by Gasteiger charge is 2.37. The Morgan fingerprint density at radius 3 is 2.35 bits per heavy atom. The number of rotatable bonds is 5. The van der Waals surface area contributed by atoms with Gasteiger partial charge in [-0.25, -0.2) is 4.79 Å². The fourth-order valence-electron chi connectivity index (χ4n) is 3.61. The van der Waals surface area contributed by atoms with Crippen LogP contribution in [0.2, 0.25) is 0 Å². The number of ether oxygens (including phenoxy) is 1. The Balaban J connectivity index is 1.77. The van der Waals surface area contributed by atoms with E-state index < -0.39 is 12.2 Å². The van der Waals surface area contributed by atoms with E-state index >= 15 is 0 Å². The fraction of sp³-hybridized carbons (Fsp3) is 0.381. The van der Waals surface area contributed by atoms with Crippen LogP contribution in [-0.2, 0) is 17.7 Å². The number of methoxy groups -OCH3 is 1. The average Bonchev–Trinajstić information content (AvgIpc) is 2.68. The molecular formula is C21H26N2O3. The van der Waals surface area contributed by atoms with E-state index in [0.29, 0.717) is 6.42 Å². The van der Waals surface area contributed by atoms with Gasteiger partial charge in [-0.3, -0.25) is 4.90 Å². The van der Waals surface area contributed by atoms with E-state index in [0.717, 1.165) is 19.5 Å². The molecule has 2 aromatic rings. The first kappa shape index (κ1) is 18.4. The van der Waals surface area contributed by atoms with Crippen molar-refractivity contribution in [1.29, 1.82) is 0 Å². The van der Waals surface area contributed by atoms with E-state index in [1.165, 1.54) is 18.2 Å². The Hall–Kier alpha value is -2.37. The maximum atomic E-state index is 11.6. The maximum Gasteiger partial charge on any atom is 0.407 e. The maximum absolute atomic E-state index is 11.6. The molecule has 0 aliphatic carbocycles. The summed E-state index contributed by atoms with van der Waals surface area (Å²) in [6.07, 6.45) is 0.263. The molecule has 1 saturated heterocycles. The Morgan fingerprint density at radius 2 is 1.73 bits per heavy atom. The molecule has 138 valence electrons. The third kappa shape index (κ3) is 4.62. The van der Waals surface area contributed by atoms with E-state index in [2.05, 4.69) is 34.5 Å². The number of aliphatic hydroxyl groups excluding tert-OH is 1. The van der Waals surface area contributed by atoms with Crippen LogP contribution in [0.25, 0.3) is 0 Å². The van der Waals surface area contributed by atoms with Crippen molar-refractivity contribution in [2.45, 2.75) is 37.6 Å². The van der Waals surface area contributed by atoms with Crippen molar-refractivity contribution in [2.24, 2.45) is 0 Å². The van der Waals surface area contributed by atoms with Crippen molar-refractivity contribution >= 4 is 6.09 Å². The number of piperidine rings is 1. The van der Waals surface area contributed by atoms with Crippen LogP contribution in [0.3, 0.4) is 0 Å². The molecule has 1 aliphatic heterocycles. The van der Waals surface area contributed by atoms with Crippen LogP contribution in [0.1, 0.15) is 17.5 Å². The van der Waals surface area contributed by atoms with Gasteiger partial charge in [0.15, 0.2) is 0 Å². The molecule has 3 rings (SSSR count). The molecule has 0 saturated carbocycles. The number of nitrogens with zero attached hydrogens (tertiary/aromatic N) is 1. The van der Waals surface area contributed by atoms with Crippen molar-refractivity contribution in [1.82, 2.24) is 10.2 Å². The summed E-state index contributed by atoms with van der Waals surface area (Å²) in [6, 6.07) is 20.1. The first-order valence-electron chi connectivity index (χ1n) is 9.02. The Kier molecular flexibility index (Phi) is 6.26. The van der Waals surface area contributed by atoms with Gasteiger partial charge in [-0.15, -0.1) is 0 Å². The zero-order valence-corrected chi connectivity index (χ0v) is 15.0. The van der Waals surface area contributed by atoms with Gasteiger partial charge in [-0.2, -0.15) is 0 Å². The number of alkyl carbamates (subject to hydrolysis) is 1. The highest BCUT2D eigenvalue weighted by atomic mass is 16.5. The van der Waals surface area contributed by atoms with Gasteiger partial charge >= 0.3 is 6.09 Å². The summed E-state index contributed by atoms with van der Waals surface area (Å²) in [5.74, 6) is 0. The molecule has 1 amide bonds. The van der Waals surface area contributed by atoms with E-state index in [1.54, 1.807) is 0 Å². The molecular weight excluding hydrogens is 328 g/mol. The predicted octanol–water partition coefficient (Wildman–Crippen LogP) is 2.59. The van der Waals surface area contributed by atoms with Gasteiger partial charge in [0.25, 0.3) is 0 Å². The van der Waals surface area contributed by atoms with E-state index in [1.807, 2.05) is 36.4 Å². The molecule has 0 spiro atoms. The van der Waals surface area contributed by atoms with Gasteiger partial charge in [0, 0.05) is 19.1 Å². The zero-order chi connectivity index (χ0) is 18.4. The number of carbonyl (C=O) groups is 1. The lowest BCUT2D eigenvalue weighted by Crippen LogP contribution is -2.60. The summed E-state index contributed by atoms with van der Waals surface area (Å²) in [5, 5.41) is 13.8. The first-order chi connectivity index (χ1) is 12.7. The lowest BCUT2D eigenvalue weighted by molar-refractivity contribution is -0.0163. The highest BCUT2D eigenvalue weighted by molar-refractivity contribution is 5.67. The second-order valence-electron chi connectivity index (χ2n) is 6.73. The SMILES string of the molecule is COC(=O)N[C@H]1CCN(Cc2ccccc2)C(Cc2ccccc2)[C@H]1O. The van der Waals surface area contributed by atoms with Crippen LogP contribution < -0.4 is 5.32 Å². The smallest absolute Gasteiger partial charge is 0.407 e. The second-order valence-corrected chi connectivity index (χ2v) is 6.73. The molecule has 1 fully saturated rings. The van der Waals surface area contributed by atoms with E-state index in [9.17, 15) is 9.90 Å². The monoisotopic (exact) mass is 354 g/mol. The molecule has 0 radical (unpaired) electrons. The Morgan fingerprint density at radius 1 is 1.12 bits per heavy atom. The van der Waals surface area contributed by atoms with Gasteiger partial charge in [-0.1, -0.05) is 60.7 Å². The minimum Gasteiger partial charge on any atom is -0.453 e. The minimum absolute atomic E-state index is 0.0755. The van der Waals surface area contributed by atoms with Crippen LogP contribution >= 0.6 is 0 Å². The predicted molar refractivity (Wildman–Crippen MR) is 101 cm³/mol. The molecule has 1 unspecified atom stereocenters. The van der Waals surface area contributed by atoms with Crippen LogP contribution in [0.5, 0.6) is 0 Å².